The molecule has 4 rings (SSSR count). The van der Waals surface area contributed by atoms with Crippen LogP contribution >= 0.6 is 35.4 Å². The van der Waals surface area contributed by atoms with Crippen molar-refractivity contribution in [3.8, 4) is 0 Å². The number of rotatable bonds is 5. The van der Waals surface area contributed by atoms with E-state index < -0.39 is 0 Å². The Morgan fingerprint density at radius 1 is 0.900 bits per heavy atom. The Morgan fingerprint density at radius 3 is 2.13 bits per heavy atom. The fourth-order valence-corrected chi connectivity index (χ4v) is 4.19. The van der Waals surface area contributed by atoms with Crippen molar-refractivity contribution in [1.82, 2.24) is 19.6 Å². The van der Waals surface area contributed by atoms with Crippen LogP contribution in [-0.4, -0.2) is 50.9 Å². The summed E-state index contributed by atoms with van der Waals surface area (Å²) < 4.78 is 1.85. The molecule has 1 N–H and O–H groups in total. The summed E-state index contributed by atoms with van der Waals surface area (Å²) in [6, 6.07) is 15.8. The van der Waals surface area contributed by atoms with Gasteiger partial charge in [-0.3, -0.25) is 9.58 Å². The lowest BCUT2D eigenvalue weighted by molar-refractivity contribution is 0.177. The van der Waals surface area contributed by atoms with Crippen LogP contribution in [-0.2, 0) is 13.1 Å². The van der Waals surface area contributed by atoms with E-state index in [1.807, 2.05) is 53.3 Å². The van der Waals surface area contributed by atoms with Crippen molar-refractivity contribution in [3.05, 3.63) is 82.1 Å². The van der Waals surface area contributed by atoms with E-state index in [1.165, 1.54) is 5.56 Å². The summed E-state index contributed by atoms with van der Waals surface area (Å²) in [4.78, 5) is 4.60. The Hall–Kier alpha value is -2.12. The van der Waals surface area contributed by atoms with Gasteiger partial charge in [-0.1, -0.05) is 59.6 Å². The predicted molar refractivity (Wildman–Crippen MR) is 127 cm³/mol. The maximum absolute atomic E-state index is 6.29. The minimum Gasteiger partial charge on any atom is -0.346 e. The zero-order valence-corrected chi connectivity index (χ0v) is 18.8. The fraction of sp³-hybridized carbons (Fsp3) is 0.273. The number of hydrogen-bond acceptors (Lipinski definition) is 3. The third kappa shape index (κ3) is 5.32. The molecule has 0 aliphatic carbocycles. The highest BCUT2D eigenvalue weighted by atomic mass is 35.5. The van der Waals surface area contributed by atoms with Gasteiger partial charge in [0.1, 0.15) is 0 Å². The molecule has 1 saturated heterocycles. The molecule has 30 heavy (non-hydrogen) atoms. The molecular formula is C22H23Cl2N5S. The standard InChI is InChI=1S/C22H23Cl2N5S/c23-20-7-3-1-5-17(20)14-27-9-11-28(12-10-27)22(30)26-19-13-25-29(16-19)15-18-6-2-4-8-21(18)24/h1-8,13,16H,9-12,14-15H2,(H,26,30). The molecule has 2 aromatic carbocycles. The first kappa shape index (κ1) is 21.1. The maximum Gasteiger partial charge on any atom is 0.173 e. The van der Waals surface area contributed by atoms with E-state index in [-0.39, 0.29) is 0 Å². The van der Waals surface area contributed by atoms with Crippen LogP contribution in [0, 0.1) is 0 Å². The van der Waals surface area contributed by atoms with Crippen molar-refractivity contribution in [3.63, 3.8) is 0 Å². The smallest absolute Gasteiger partial charge is 0.173 e. The summed E-state index contributed by atoms with van der Waals surface area (Å²) in [6.07, 6.45) is 3.74. The molecule has 1 aromatic heterocycles. The summed E-state index contributed by atoms with van der Waals surface area (Å²) >= 11 is 18.2. The molecule has 3 aromatic rings. The summed E-state index contributed by atoms with van der Waals surface area (Å²) in [5.41, 5.74) is 3.08. The second kappa shape index (κ2) is 9.79. The summed E-state index contributed by atoms with van der Waals surface area (Å²) in [5.74, 6) is 0. The van der Waals surface area contributed by atoms with Crippen LogP contribution in [0.1, 0.15) is 11.1 Å². The SMILES string of the molecule is S=C(Nc1cnn(Cc2ccccc2Cl)c1)N1CCN(Cc2ccccc2Cl)CC1. The monoisotopic (exact) mass is 459 g/mol. The largest absolute Gasteiger partial charge is 0.346 e. The van der Waals surface area contributed by atoms with Gasteiger partial charge in [0, 0.05) is 49.0 Å². The van der Waals surface area contributed by atoms with Gasteiger partial charge >= 0.3 is 0 Å². The van der Waals surface area contributed by atoms with Gasteiger partial charge in [0.05, 0.1) is 18.4 Å². The lowest BCUT2D eigenvalue weighted by Crippen LogP contribution is -2.49. The lowest BCUT2D eigenvalue weighted by atomic mass is 10.2. The van der Waals surface area contributed by atoms with E-state index in [9.17, 15) is 0 Å². The van der Waals surface area contributed by atoms with E-state index in [0.29, 0.717) is 6.54 Å². The van der Waals surface area contributed by atoms with Crippen molar-refractivity contribution in [2.75, 3.05) is 31.5 Å². The molecule has 156 valence electrons. The van der Waals surface area contributed by atoms with Crippen molar-refractivity contribution >= 4 is 46.2 Å². The third-order valence-electron chi connectivity index (χ3n) is 5.19. The minimum atomic E-state index is 0.620. The molecule has 1 aliphatic rings. The van der Waals surface area contributed by atoms with Crippen LogP contribution < -0.4 is 5.32 Å². The molecule has 0 radical (unpaired) electrons. The molecule has 0 atom stereocenters. The minimum absolute atomic E-state index is 0.620. The van der Waals surface area contributed by atoms with Crippen LogP contribution in [0.3, 0.4) is 0 Å². The molecule has 0 unspecified atom stereocenters. The molecule has 8 heteroatoms. The Labute approximate surface area is 192 Å². The Bertz CT molecular complexity index is 1010. The van der Waals surface area contributed by atoms with Crippen molar-refractivity contribution in [2.24, 2.45) is 0 Å². The van der Waals surface area contributed by atoms with E-state index in [4.69, 9.17) is 35.4 Å². The number of halogens is 2. The summed E-state index contributed by atoms with van der Waals surface area (Å²) in [5, 5.41) is 10.0. The number of benzene rings is 2. The molecule has 2 heterocycles. The number of aromatic nitrogens is 2. The normalized spacial score (nSPS) is 14.7. The Balaban J connectivity index is 1.28. The first-order valence-corrected chi connectivity index (χ1v) is 11.0. The van der Waals surface area contributed by atoms with Crippen LogP contribution in [0.4, 0.5) is 5.69 Å². The van der Waals surface area contributed by atoms with Gasteiger partial charge in [-0.25, -0.2) is 0 Å². The highest BCUT2D eigenvalue weighted by Crippen LogP contribution is 2.19. The van der Waals surface area contributed by atoms with Gasteiger partial charge in [0.2, 0.25) is 0 Å². The van der Waals surface area contributed by atoms with Crippen LogP contribution in [0.25, 0.3) is 0 Å². The Morgan fingerprint density at radius 2 is 1.50 bits per heavy atom. The topological polar surface area (TPSA) is 36.3 Å². The lowest BCUT2D eigenvalue weighted by Gasteiger charge is -2.36. The van der Waals surface area contributed by atoms with Gasteiger partial charge in [-0.2, -0.15) is 5.10 Å². The van der Waals surface area contributed by atoms with Gasteiger partial charge in [-0.15, -0.1) is 0 Å². The molecule has 0 amide bonds. The second-order valence-corrected chi connectivity index (χ2v) is 8.50. The quantitative estimate of drug-likeness (QED) is 0.556. The van der Waals surface area contributed by atoms with Crippen molar-refractivity contribution < 1.29 is 0 Å². The number of hydrogen-bond donors (Lipinski definition) is 1. The van der Waals surface area contributed by atoms with Crippen LogP contribution in [0.5, 0.6) is 0 Å². The zero-order chi connectivity index (χ0) is 20.9. The number of anilines is 1. The van der Waals surface area contributed by atoms with E-state index >= 15 is 0 Å². The van der Waals surface area contributed by atoms with E-state index in [1.54, 1.807) is 6.20 Å². The van der Waals surface area contributed by atoms with Crippen molar-refractivity contribution in [1.29, 1.82) is 0 Å². The third-order valence-corrected chi connectivity index (χ3v) is 6.28. The molecule has 0 saturated carbocycles. The number of piperazine rings is 1. The molecule has 0 spiro atoms. The van der Waals surface area contributed by atoms with Gasteiger partial charge in [0.15, 0.2) is 5.11 Å². The van der Waals surface area contributed by atoms with Crippen molar-refractivity contribution in [2.45, 2.75) is 13.1 Å². The average Bonchev–Trinajstić information content (AvgIpc) is 3.19. The molecular weight excluding hydrogens is 437 g/mol. The number of thiocarbonyl (C=S) groups is 1. The predicted octanol–water partition coefficient (Wildman–Crippen LogP) is 4.75. The highest BCUT2D eigenvalue weighted by molar-refractivity contribution is 7.80. The Kier molecular flexibility index (Phi) is 6.89. The first-order chi connectivity index (χ1) is 14.6. The number of nitrogens with one attached hydrogen (secondary N) is 1. The zero-order valence-electron chi connectivity index (χ0n) is 16.5. The van der Waals surface area contributed by atoms with E-state index in [0.717, 1.165) is 59.1 Å². The van der Waals surface area contributed by atoms with Gasteiger partial charge in [-0.05, 0) is 35.5 Å². The van der Waals surface area contributed by atoms with E-state index in [2.05, 4.69) is 26.3 Å². The van der Waals surface area contributed by atoms with Gasteiger partial charge in [0.25, 0.3) is 0 Å². The first-order valence-electron chi connectivity index (χ1n) is 9.86. The number of nitrogens with zero attached hydrogens (tertiary/aromatic N) is 4. The highest BCUT2D eigenvalue weighted by Gasteiger charge is 2.20. The molecule has 1 aliphatic heterocycles. The summed E-state index contributed by atoms with van der Waals surface area (Å²) in [7, 11) is 0. The molecule has 1 fully saturated rings. The average molecular weight is 460 g/mol. The van der Waals surface area contributed by atoms with Gasteiger partial charge < -0.3 is 10.2 Å². The molecule has 5 nitrogen and oxygen atoms in total. The fourth-order valence-electron chi connectivity index (χ4n) is 3.49. The van der Waals surface area contributed by atoms with Crippen LogP contribution in [0.15, 0.2) is 60.9 Å². The van der Waals surface area contributed by atoms with Crippen LogP contribution in [0.2, 0.25) is 10.0 Å². The summed E-state index contributed by atoms with van der Waals surface area (Å²) in [6.45, 7) is 5.13. The second-order valence-electron chi connectivity index (χ2n) is 7.30. The maximum atomic E-state index is 6.29. The molecule has 0 bridgehead atoms.